The minimum absolute atomic E-state index is 0.0582. The zero-order valence-corrected chi connectivity index (χ0v) is 13.8. The Morgan fingerprint density at radius 1 is 1.25 bits per heavy atom. The Kier molecular flexibility index (Phi) is 5.07. The molecule has 1 aromatic carbocycles. The third kappa shape index (κ3) is 4.08. The van der Waals surface area contributed by atoms with Gasteiger partial charge in [0.25, 0.3) is 0 Å². The van der Waals surface area contributed by atoms with Gasteiger partial charge in [-0.15, -0.1) is 0 Å². The number of hydrogen-bond donors (Lipinski definition) is 1. The van der Waals surface area contributed by atoms with Gasteiger partial charge in [0.2, 0.25) is 10.0 Å². The number of hydrogen-bond acceptors (Lipinski definition) is 5. The van der Waals surface area contributed by atoms with Crippen molar-refractivity contribution in [1.29, 1.82) is 0 Å². The van der Waals surface area contributed by atoms with E-state index in [-0.39, 0.29) is 22.2 Å². The molecule has 0 aliphatic carbocycles. The number of halogens is 1. The van der Waals surface area contributed by atoms with Crippen LogP contribution in [0.3, 0.4) is 0 Å². The molecule has 0 unspecified atom stereocenters. The Morgan fingerprint density at radius 2 is 1.80 bits per heavy atom. The quantitative estimate of drug-likeness (QED) is 0.803. The fraction of sp³-hybridized carbons (Fsp3) is 0.455. The van der Waals surface area contributed by atoms with E-state index in [9.17, 15) is 16.8 Å². The minimum atomic E-state index is -3.87. The largest absolute Gasteiger partial charge is 0.398 e. The first-order valence-electron chi connectivity index (χ1n) is 5.65. The van der Waals surface area contributed by atoms with Crippen LogP contribution in [0, 0.1) is 6.92 Å². The molecule has 0 bridgehead atoms. The molecule has 2 N–H and O–H groups in total. The predicted octanol–water partition coefficient (Wildman–Crippen LogP) is 0.896. The van der Waals surface area contributed by atoms with Crippen molar-refractivity contribution in [2.45, 2.75) is 11.8 Å². The van der Waals surface area contributed by atoms with E-state index >= 15 is 0 Å². The summed E-state index contributed by atoms with van der Waals surface area (Å²) < 4.78 is 47.8. The number of nitrogens with two attached hydrogens (primary N) is 1. The van der Waals surface area contributed by atoms with Crippen LogP contribution in [0.15, 0.2) is 17.0 Å². The van der Waals surface area contributed by atoms with Gasteiger partial charge in [0, 0.05) is 25.5 Å². The van der Waals surface area contributed by atoms with Crippen LogP contribution in [0.4, 0.5) is 5.69 Å². The van der Waals surface area contributed by atoms with E-state index < -0.39 is 19.9 Å². The highest BCUT2D eigenvalue weighted by Crippen LogP contribution is 2.28. The lowest BCUT2D eigenvalue weighted by molar-refractivity contribution is 0.485. The molecule has 0 aliphatic heterocycles. The van der Waals surface area contributed by atoms with Crippen molar-refractivity contribution in [3.8, 4) is 0 Å². The molecule has 0 saturated carbocycles. The summed E-state index contributed by atoms with van der Waals surface area (Å²) in [5, 5.41) is 0.0582. The Bertz CT molecular complexity index is 714. The second kappa shape index (κ2) is 5.88. The summed E-state index contributed by atoms with van der Waals surface area (Å²) in [6.07, 6.45) is 1.05. The first-order valence-corrected chi connectivity index (χ1v) is 9.52. The summed E-state index contributed by atoms with van der Waals surface area (Å²) in [4.78, 5) is -0.127. The van der Waals surface area contributed by atoms with Gasteiger partial charge in [0.05, 0.1) is 10.8 Å². The molecule has 1 aromatic rings. The van der Waals surface area contributed by atoms with Gasteiger partial charge in [0.15, 0.2) is 0 Å². The van der Waals surface area contributed by atoms with Gasteiger partial charge in [-0.05, 0) is 24.6 Å². The molecular formula is C11H17ClN2O4S2. The van der Waals surface area contributed by atoms with Crippen LogP contribution in [0.1, 0.15) is 5.56 Å². The molecule has 1 rings (SSSR count). The number of anilines is 1. The van der Waals surface area contributed by atoms with Crippen LogP contribution >= 0.6 is 11.6 Å². The summed E-state index contributed by atoms with van der Waals surface area (Å²) in [6.45, 7) is 1.57. The highest BCUT2D eigenvalue weighted by atomic mass is 35.5. The van der Waals surface area contributed by atoms with E-state index in [0.717, 1.165) is 10.6 Å². The zero-order valence-electron chi connectivity index (χ0n) is 11.4. The van der Waals surface area contributed by atoms with Crippen molar-refractivity contribution < 1.29 is 16.8 Å². The summed E-state index contributed by atoms with van der Waals surface area (Å²) in [5.41, 5.74) is 6.68. The fourth-order valence-electron chi connectivity index (χ4n) is 1.45. The summed E-state index contributed by atoms with van der Waals surface area (Å²) in [6, 6.07) is 2.75. The van der Waals surface area contributed by atoms with Crippen LogP contribution in [0.25, 0.3) is 0 Å². The first-order chi connectivity index (χ1) is 8.95. The number of aryl methyl sites for hydroxylation is 1. The molecule has 0 aromatic heterocycles. The van der Waals surface area contributed by atoms with Gasteiger partial charge < -0.3 is 5.73 Å². The molecule has 20 heavy (non-hydrogen) atoms. The molecule has 0 fully saturated rings. The monoisotopic (exact) mass is 340 g/mol. The maximum atomic E-state index is 12.3. The Balaban J connectivity index is 3.14. The van der Waals surface area contributed by atoms with Crippen molar-refractivity contribution in [3.63, 3.8) is 0 Å². The zero-order chi connectivity index (χ0) is 15.7. The standard InChI is InChI=1S/C11H17ClN2O4S2/c1-8-6-9(12)11(7-10(8)13)20(17,18)14(2)4-5-19(3,15)16/h6-7H,4-5,13H2,1-3H3. The molecule has 9 heteroatoms. The summed E-state index contributed by atoms with van der Waals surface area (Å²) in [5.74, 6) is -0.262. The lowest BCUT2D eigenvalue weighted by Gasteiger charge is -2.18. The van der Waals surface area contributed by atoms with E-state index in [1.54, 1.807) is 6.92 Å². The van der Waals surface area contributed by atoms with Crippen LogP contribution in [0.5, 0.6) is 0 Å². The van der Waals surface area contributed by atoms with Crippen molar-refractivity contribution >= 4 is 37.1 Å². The maximum Gasteiger partial charge on any atom is 0.244 e. The predicted molar refractivity (Wildman–Crippen MR) is 80.1 cm³/mol. The van der Waals surface area contributed by atoms with Crippen molar-refractivity contribution in [2.75, 3.05) is 31.3 Å². The summed E-state index contributed by atoms with van der Waals surface area (Å²) in [7, 11) is -5.83. The van der Waals surface area contributed by atoms with E-state index in [2.05, 4.69) is 0 Å². The molecule has 6 nitrogen and oxygen atoms in total. The number of nitrogens with zero attached hydrogens (tertiary/aromatic N) is 1. The van der Waals surface area contributed by atoms with Gasteiger partial charge in [-0.1, -0.05) is 11.6 Å². The number of benzene rings is 1. The van der Waals surface area contributed by atoms with Crippen molar-refractivity contribution in [3.05, 3.63) is 22.7 Å². The van der Waals surface area contributed by atoms with Crippen molar-refractivity contribution in [1.82, 2.24) is 4.31 Å². The number of sulfonamides is 1. The number of sulfone groups is 1. The van der Waals surface area contributed by atoms with E-state index in [1.807, 2.05) is 0 Å². The van der Waals surface area contributed by atoms with Gasteiger partial charge >= 0.3 is 0 Å². The Morgan fingerprint density at radius 3 is 2.30 bits per heavy atom. The second-order valence-electron chi connectivity index (χ2n) is 4.60. The molecule has 0 saturated heterocycles. The third-order valence-corrected chi connectivity index (χ3v) is 6.03. The van der Waals surface area contributed by atoms with Gasteiger partial charge in [-0.3, -0.25) is 0 Å². The summed E-state index contributed by atoms with van der Waals surface area (Å²) >= 11 is 5.94. The molecule has 0 radical (unpaired) electrons. The van der Waals surface area contributed by atoms with Crippen LogP contribution in [-0.2, 0) is 19.9 Å². The second-order valence-corrected chi connectivity index (χ2v) is 9.28. The smallest absolute Gasteiger partial charge is 0.244 e. The third-order valence-electron chi connectivity index (χ3n) is 2.79. The van der Waals surface area contributed by atoms with Crippen molar-refractivity contribution in [2.24, 2.45) is 0 Å². The van der Waals surface area contributed by atoms with Crippen LogP contribution in [0.2, 0.25) is 5.02 Å². The SMILES string of the molecule is Cc1cc(Cl)c(S(=O)(=O)N(C)CCS(C)(=O)=O)cc1N. The normalized spacial score (nSPS) is 12.8. The highest BCUT2D eigenvalue weighted by molar-refractivity contribution is 7.91. The number of rotatable bonds is 5. The maximum absolute atomic E-state index is 12.3. The molecule has 114 valence electrons. The van der Waals surface area contributed by atoms with Crippen LogP contribution in [-0.4, -0.2) is 46.7 Å². The average molecular weight is 341 g/mol. The highest BCUT2D eigenvalue weighted by Gasteiger charge is 2.25. The molecular weight excluding hydrogens is 324 g/mol. The lowest BCUT2D eigenvalue weighted by Crippen LogP contribution is -2.31. The lowest BCUT2D eigenvalue weighted by atomic mass is 10.2. The van der Waals surface area contributed by atoms with Crippen LogP contribution < -0.4 is 5.73 Å². The Labute approximate surface area is 124 Å². The van der Waals surface area contributed by atoms with E-state index in [4.69, 9.17) is 17.3 Å². The molecule has 0 aliphatic rings. The minimum Gasteiger partial charge on any atom is -0.398 e. The fourth-order valence-corrected chi connectivity index (χ4v) is 3.93. The number of nitrogen functional groups attached to an aromatic ring is 1. The molecule has 0 atom stereocenters. The van der Waals surface area contributed by atoms with Gasteiger partial charge in [0.1, 0.15) is 14.7 Å². The average Bonchev–Trinajstić information content (AvgIpc) is 2.29. The van der Waals surface area contributed by atoms with E-state index in [1.165, 1.54) is 19.2 Å². The molecule has 0 heterocycles. The topological polar surface area (TPSA) is 97.5 Å². The molecule has 0 spiro atoms. The Hall–Kier alpha value is -0.830. The first kappa shape index (κ1) is 17.2. The van der Waals surface area contributed by atoms with E-state index in [0.29, 0.717) is 11.3 Å². The molecule has 0 amide bonds. The van der Waals surface area contributed by atoms with Gasteiger partial charge in [-0.25, -0.2) is 16.8 Å². The van der Waals surface area contributed by atoms with Gasteiger partial charge in [-0.2, -0.15) is 4.31 Å².